The molecule has 0 radical (unpaired) electrons. The first-order chi connectivity index (χ1) is 12.7. The summed E-state index contributed by atoms with van der Waals surface area (Å²) >= 11 is 1.45. The van der Waals surface area contributed by atoms with Gasteiger partial charge in [-0.1, -0.05) is 30.7 Å². The van der Waals surface area contributed by atoms with Gasteiger partial charge in [0, 0.05) is 17.9 Å². The Kier molecular flexibility index (Phi) is 7.08. The maximum atomic E-state index is 13.0. The SMILES string of the molecule is CC[C@@H](NS(=O)(=O)c1ccc(SC)c(NC(C)=O)c1)c1ccc(C)cc1C. The van der Waals surface area contributed by atoms with E-state index in [1.165, 1.54) is 24.8 Å². The maximum Gasteiger partial charge on any atom is 0.241 e. The lowest BCUT2D eigenvalue weighted by Crippen LogP contribution is -2.29. The van der Waals surface area contributed by atoms with Crippen LogP contribution in [0.25, 0.3) is 0 Å². The molecule has 1 amide bonds. The molecule has 0 aliphatic rings. The third-order valence-corrected chi connectivity index (χ3v) is 6.56. The van der Waals surface area contributed by atoms with Crippen LogP contribution in [-0.2, 0) is 14.8 Å². The van der Waals surface area contributed by atoms with Crippen LogP contribution in [0.5, 0.6) is 0 Å². The van der Waals surface area contributed by atoms with Crippen LogP contribution in [-0.4, -0.2) is 20.6 Å². The Morgan fingerprint density at radius 2 is 1.85 bits per heavy atom. The predicted octanol–water partition coefficient (Wildman–Crippen LogP) is 4.41. The van der Waals surface area contributed by atoms with Crippen LogP contribution in [0.1, 0.15) is 43.0 Å². The van der Waals surface area contributed by atoms with Gasteiger partial charge in [-0.25, -0.2) is 13.1 Å². The number of thioether (sulfide) groups is 1. The summed E-state index contributed by atoms with van der Waals surface area (Å²) in [4.78, 5) is 12.4. The van der Waals surface area contributed by atoms with Gasteiger partial charge in [-0.15, -0.1) is 11.8 Å². The van der Waals surface area contributed by atoms with Gasteiger partial charge in [0.05, 0.1) is 10.6 Å². The number of rotatable bonds is 7. The number of anilines is 1. The topological polar surface area (TPSA) is 75.3 Å². The van der Waals surface area contributed by atoms with E-state index < -0.39 is 10.0 Å². The lowest BCUT2D eigenvalue weighted by atomic mass is 9.98. The van der Waals surface area contributed by atoms with E-state index in [1.807, 2.05) is 39.2 Å². The molecule has 0 unspecified atom stereocenters. The highest BCUT2D eigenvalue weighted by molar-refractivity contribution is 7.98. The lowest BCUT2D eigenvalue weighted by molar-refractivity contribution is -0.114. The number of nitrogens with one attached hydrogen (secondary N) is 2. The van der Waals surface area contributed by atoms with Gasteiger partial charge in [-0.3, -0.25) is 4.79 Å². The molecular weight excluding hydrogens is 380 g/mol. The zero-order valence-corrected chi connectivity index (χ0v) is 17.9. The first-order valence-corrected chi connectivity index (χ1v) is 11.4. The van der Waals surface area contributed by atoms with E-state index >= 15 is 0 Å². The maximum absolute atomic E-state index is 13.0. The molecule has 2 aromatic carbocycles. The molecule has 0 fully saturated rings. The number of benzene rings is 2. The number of hydrogen-bond acceptors (Lipinski definition) is 4. The molecule has 2 aromatic rings. The Bertz CT molecular complexity index is 940. The largest absolute Gasteiger partial charge is 0.325 e. The molecule has 146 valence electrons. The fourth-order valence-corrected chi connectivity index (χ4v) is 4.84. The lowest BCUT2D eigenvalue weighted by Gasteiger charge is -2.20. The molecule has 0 saturated carbocycles. The van der Waals surface area contributed by atoms with Crippen LogP contribution in [0.4, 0.5) is 5.69 Å². The normalized spacial score (nSPS) is 12.6. The quantitative estimate of drug-likeness (QED) is 0.668. The second kappa shape index (κ2) is 8.91. The van der Waals surface area contributed by atoms with Crippen LogP contribution in [0.15, 0.2) is 46.2 Å². The molecular formula is C20H26N2O3S2. The van der Waals surface area contributed by atoms with Gasteiger partial charge in [0.15, 0.2) is 0 Å². The molecule has 0 heterocycles. The van der Waals surface area contributed by atoms with Crippen molar-refractivity contribution in [1.29, 1.82) is 0 Å². The minimum absolute atomic E-state index is 0.132. The summed E-state index contributed by atoms with van der Waals surface area (Å²) in [5.41, 5.74) is 3.66. The predicted molar refractivity (Wildman–Crippen MR) is 112 cm³/mol. The Labute approximate surface area is 166 Å². The van der Waals surface area contributed by atoms with Crippen molar-refractivity contribution in [3.8, 4) is 0 Å². The second-order valence-electron chi connectivity index (χ2n) is 6.49. The highest BCUT2D eigenvalue weighted by Gasteiger charge is 2.22. The van der Waals surface area contributed by atoms with E-state index in [0.717, 1.165) is 21.6 Å². The Balaban J connectivity index is 2.38. The number of carbonyl (C=O) groups excluding carboxylic acids is 1. The smallest absolute Gasteiger partial charge is 0.241 e. The summed E-state index contributed by atoms with van der Waals surface area (Å²) in [6.45, 7) is 7.35. The zero-order valence-electron chi connectivity index (χ0n) is 16.3. The van der Waals surface area contributed by atoms with Gasteiger partial charge in [0.1, 0.15) is 0 Å². The molecule has 0 spiro atoms. The molecule has 2 N–H and O–H groups in total. The molecule has 0 saturated heterocycles. The van der Waals surface area contributed by atoms with Crippen molar-refractivity contribution in [1.82, 2.24) is 4.72 Å². The van der Waals surface area contributed by atoms with Crippen molar-refractivity contribution >= 4 is 33.4 Å². The van der Waals surface area contributed by atoms with Crippen LogP contribution < -0.4 is 10.0 Å². The number of amides is 1. The summed E-state index contributed by atoms with van der Waals surface area (Å²) in [6, 6.07) is 10.5. The van der Waals surface area contributed by atoms with Crippen LogP contribution in [0, 0.1) is 13.8 Å². The van der Waals surface area contributed by atoms with Gasteiger partial charge < -0.3 is 5.32 Å². The van der Waals surface area contributed by atoms with E-state index in [1.54, 1.807) is 12.1 Å². The van der Waals surface area contributed by atoms with Crippen molar-refractivity contribution in [2.24, 2.45) is 0 Å². The zero-order chi connectivity index (χ0) is 20.2. The molecule has 0 aromatic heterocycles. The van der Waals surface area contributed by atoms with Crippen LogP contribution in [0.2, 0.25) is 0 Å². The standard InChI is InChI=1S/C20H26N2O3S2/c1-6-18(17-9-7-13(2)11-14(17)3)22-27(24,25)16-8-10-20(26-5)19(12-16)21-15(4)23/h7-12,18,22H,6H2,1-5H3,(H,21,23)/t18-/m1/s1. The average molecular weight is 407 g/mol. The fourth-order valence-electron chi connectivity index (χ4n) is 2.98. The first-order valence-electron chi connectivity index (χ1n) is 8.73. The molecule has 0 aliphatic carbocycles. The summed E-state index contributed by atoms with van der Waals surface area (Å²) in [5, 5.41) is 2.70. The summed E-state index contributed by atoms with van der Waals surface area (Å²) in [7, 11) is -3.74. The van der Waals surface area contributed by atoms with Crippen molar-refractivity contribution in [3.05, 3.63) is 53.1 Å². The van der Waals surface area contributed by atoms with Crippen molar-refractivity contribution in [3.63, 3.8) is 0 Å². The third-order valence-electron chi connectivity index (χ3n) is 4.30. The van der Waals surface area contributed by atoms with Crippen LogP contribution in [0.3, 0.4) is 0 Å². The average Bonchev–Trinajstić information content (AvgIpc) is 2.59. The minimum Gasteiger partial charge on any atom is -0.325 e. The Hall–Kier alpha value is -1.83. The molecule has 0 bridgehead atoms. The van der Waals surface area contributed by atoms with Crippen LogP contribution >= 0.6 is 11.8 Å². The van der Waals surface area contributed by atoms with E-state index in [0.29, 0.717) is 12.1 Å². The first kappa shape index (κ1) is 21.5. The van der Waals surface area contributed by atoms with Gasteiger partial charge >= 0.3 is 0 Å². The van der Waals surface area contributed by atoms with E-state index in [4.69, 9.17) is 0 Å². The molecule has 1 atom stereocenters. The highest BCUT2D eigenvalue weighted by Crippen LogP contribution is 2.30. The summed E-state index contributed by atoms with van der Waals surface area (Å²) < 4.78 is 28.7. The number of hydrogen-bond donors (Lipinski definition) is 2. The molecule has 5 nitrogen and oxygen atoms in total. The number of sulfonamides is 1. The third kappa shape index (κ3) is 5.34. The van der Waals surface area contributed by atoms with Gasteiger partial charge in [-0.05, 0) is 55.9 Å². The second-order valence-corrected chi connectivity index (χ2v) is 9.05. The molecule has 2 rings (SSSR count). The fraction of sp³-hybridized carbons (Fsp3) is 0.350. The van der Waals surface area contributed by atoms with Gasteiger partial charge in [0.25, 0.3) is 0 Å². The number of carbonyl (C=O) groups is 1. The van der Waals surface area contributed by atoms with Crippen molar-refractivity contribution in [2.45, 2.75) is 49.9 Å². The monoisotopic (exact) mass is 406 g/mol. The highest BCUT2D eigenvalue weighted by atomic mass is 32.2. The Morgan fingerprint density at radius 1 is 1.15 bits per heavy atom. The van der Waals surface area contributed by atoms with E-state index in [9.17, 15) is 13.2 Å². The van der Waals surface area contributed by atoms with Gasteiger partial charge in [0.2, 0.25) is 15.9 Å². The van der Waals surface area contributed by atoms with Gasteiger partial charge in [-0.2, -0.15) is 0 Å². The van der Waals surface area contributed by atoms with Crippen molar-refractivity contribution < 1.29 is 13.2 Å². The van der Waals surface area contributed by atoms with E-state index in [-0.39, 0.29) is 16.8 Å². The molecule has 0 aliphatic heterocycles. The minimum atomic E-state index is -3.74. The van der Waals surface area contributed by atoms with Crippen molar-refractivity contribution in [2.75, 3.05) is 11.6 Å². The molecule has 7 heteroatoms. The summed E-state index contributed by atoms with van der Waals surface area (Å²) in [5.74, 6) is -0.241. The summed E-state index contributed by atoms with van der Waals surface area (Å²) in [6.07, 6.45) is 2.50. The van der Waals surface area contributed by atoms with E-state index in [2.05, 4.69) is 16.1 Å². The number of aryl methyl sites for hydroxylation is 2. The Morgan fingerprint density at radius 3 is 2.41 bits per heavy atom. The molecule has 27 heavy (non-hydrogen) atoms.